The van der Waals surface area contributed by atoms with Gasteiger partial charge in [0, 0.05) is 12.3 Å². The molecule has 1 aromatic carbocycles. The lowest BCUT2D eigenvalue weighted by Crippen LogP contribution is -2.42. The van der Waals surface area contributed by atoms with E-state index in [2.05, 4.69) is 4.74 Å². The van der Waals surface area contributed by atoms with Crippen molar-refractivity contribution >= 4 is 29.6 Å². The molecular formula is C16H19NO5S. The van der Waals surface area contributed by atoms with Crippen LogP contribution in [-0.4, -0.2) is 54.1 Å². The highest BCUT2D eigenvalue weighted by molar-refractivity contribution is 8.00. The van der Waals surface area contributed by atoms with Crippen LogP contribution in [0.1, 0.15) is 44.9 Å². The van der Waals surface area contributed by atoms with Crippen molar-refractivity contribution in [1.29, 1.82) is 0 Å². The Morgan fingerprint density at radius 1 is 1.09 bits per heavy atom. The molecule has 0 bridgehead atoms. The zero-order valence-electron chi connectivity index (χ0n) is 13.5. The van der Waals surface area contributed by atoms with Crippen molar-refractivity contribution in [3.8, 4) is 0 Å². The van der Waals surface area contributed by atoms with E-state index in [1.165, 1.54) is 32.4 Å². The predicted octanol–water partition coefficient (Wildman–Crippen LogP) is 2.18. The summed E-state index contributed by atoms with van der Waals surface area (Å²) < 4.78 is 9.42. The summed E-state index contributed by atoms with van der Waals surface area (Å²) in [6.45, 7) is 4.48. The van der Waals surface area contributed by atoms with Gasteiger partial charge in [0.2, 0.25) is 0 Å². The van der Waals surface area contributed by atoms with E-state index in [0.29, 0.717) is 6.54 Å². The number of benzene rings is 1. The first-order chi connectivity index (χ1) is 10.8. The second-order valence-electron chi connectivity index (χ2n) is 5.50. The van der Waals surface area contributed by atoms with Crippen molar-refractivity contribution < 1.29 is 23.9 Å². The number of amides is 1. The fourth-order valence-electron chi connectivity index (χ4n) is 2.48. The van der Waals surface area contributed by atoms with Gasteiger partial charge in [0.25, 0.3) is 5.91 Å². The van der Waals surface area contributed by atoms with Gasteiger partial charge >= 0.3 is 11.9 Å². The van der Waals surface area contributed by atoms with Gasteiger partial charge in [-0.05, 0) is 32.0 Å². The first kappa shape index (κ1) is 17.3. The van der Waals surface area contributed by atoms with Crippen LogP contribution in [0.5, 0.6) is 0 Å². The summed E-state index contributed by atoms with van der Waals surface area (Å²) in [6, 6.07) is 4.25. The number of nitrogens with zero attached hydrogens (tertiary/aromatic N) is 1. The standard InChI is InChI=1S/C16H19NO5S/c1-16(2)17(7-8-23-16)13(18)12-9-10(14(19)21-3)5-6-11(12)15(20)22-4/h5-6,9H,7-8H2,1-4H3. The van der Waals surface area contributed by atoms with Gasteiger partial charge in [-0.15, -0.1) is 11.8 Å². The molecule has 23 heavy (non-hydrogen) atoms. The van der Waals surface area contributed by atoms with Crippen molar-refractivity contribution in [3.63, 3.8) is 0 Å². The van der Waals surface area contributed by atoms with E-state index in [-0.39, 0.29) is 27.5 Å². The highest BCUT2D eigenvalue weighted by atomic mass is 32.2. The Kier molecular flexibility index (Phi) is 4.99. The lowest BCUT2D eigenvalue weighted by molar-refractivity contribution is 0.0577. The van der Waals surface area contributed by atoms with Crippen molar-refractivity contribution in [1.82, 2.24) is 4.90 Å². The molecule has 0 aromatic heterocycles. The first-order valence-electron chi connectivity index (χ1n) is 7.08. The first-order valence-corrected chi connectivity index (χ1v) is 8.07. The monoisotopic (exact) mass is 337 g/mol. The average molecular weight is 337 g/mol. The van der Waals surface area contributed by atoms with Crippen LogP contribution in [0.3, 0.4) is 0 Å². The van der Waals surface area contributed by atoms with Crippen LogP contribution in [0.4, 0.5) is 0 Å². The molecule has 0 radical (unpaired) electrons. The van der Waals surface area contributed by atoms with Crippen LogP contribution in [-0.2, 0) is 9.47 Å². The smallest absolute Gasteiger partial charge is 0.338 e. The highest BCUT2D eigenvalue weighted by Crippen LogP contribution is 2.36. The maximum absolute atomic E-state index is 12.9. The van der Waals surface area contributed by atoms with E-state index < -0.39 is 11.9 Å². The van der Waals surface area contributed by atoms with Gasteiger partial charge in [0.1, 0.15) is 0 Å². The Morgan fingerprint density at radius 3 is 2.26 bits per heavy atom. The number of carbonyl (C=O) groups is 3. The molecule has 0 spiro atoms. The Hall–Kier alpha value is -2.02. The largest absolute Gasteiger partial charge is 0.465 e. The summed E-state index contributed by atoms with van der Waals surface area (Å²) in [5, 5.41) is 0. The molecule has 6 nitrogen and oxygen atoms in total. The van der Waals surface area contributed by atoms with E-state index in [0.717, 1.165) is 5.75 Å². The van der Waals surface area contributed by atoms with E-state index in [9.17, 15) is 14.4 Å². The number of hydrogen-bond donors (Lipinski definition) is 0. The molecule has 1 heterocycles. The fourth-order valence-corrected chi connectivity index (χ4v) is 3.58. The molecule has 7 heteroatoms. The third-order valence-electron chi connectivity index (χ3n) is 3.74. The Balaban J connectivity index is 2.50. The van der Waals surface area contributed by atoms with Crippen LogP contribution < -0.4 is 0 Å². The van der Waals surface area contributed by atoms with E-state index in [1.807, 2.05) is 13.8 Å². The summed E-state index contributed by atoms with van der Waals surface area (Å²) in [4.78, 5) is 37.9. The van der Waals surface area contributed by atoms with Crippen LogP contribution in [0.15, 0.2) is 18.2 Å². The molecular weight excluding hydrogens is 318 g/mol. The van der Waals surface area contributed by atoms with Crippen molar-refractivity contribution in [2.24, 2.45) is 0 Å². The molecule has 0 atom stereocenters. The van der Waals surface area contributed by atoms with Gasteiger partial charge in [-0.3, -0.25) is 4.79 Å². The topological polar surface area (TPSA) is 72.9 Å². The molecule has 1 aliphatic heterocycles. The SMILES string of the molecule is COC(=O)c1ccc(C(=O)OC)c(C(=O)N2CCSC2(C)C)c1. The molecule has 1 amide bonds. The minimum atomic E-state index is -0.616. The lowest BCUT2D eigenvalue weighted by atomic mass is 10.0. The van der Waals surface area contributed by atoms with E-state index >= 15 is 0 Å². The molecule has 0 aliphatic carbocycles. The number of ether oxygens (including phenoxy) is 2. The molecule has 124 valence electrons. The van der Waals surface area contributed by atoms with Crippen molar-refractivity contribution in [2.45, 2.75) is 18.7 Å². The van der Waals surface area contributed by atoms with E-state index in [1.54, 1.807) is 16.7 Å². The van der Waals surface area contributed by atoms with Gasteiger partial charge in [-0.1, -0.05) is 0 Å². The number of carbonyl (C=O) groups excluding carboxylic acids is 3. The maximum atomic E-state index is 12.9. The Morgan fingerprint density at radius 2 is 1.74 bits per heavy atom. The highest BCUT2D eigenvalue weighted by Gasteiger charge is 2.38. The molecule has 1 fully saturated rings. The van der Waals surface area contributed by atoms with Crippen LogP contribution in [0.2, 0.25) is 0 Å². The number of thioether (sulfide) groups is 1. The normalized spacial score (nSPS) is 16.1. The summed E-state index contributed by atoms with van der Waals surface area (Å²) in [5.74, 6) is -0.658. The fraction of sp³-hybridized carbons (Fsp3) is 0.438. The van der Waals surface area contributed by atoms with Crippen molar-refractivity contribution in [2.75, 3.05) is 26.5 Å². The second kappa shape index (κ2) is 6.62. The zero-order valence-corrected chi connectivity index (χ0v) is 14.4. The Bertz CT molecular complexity index is 656. The maximum Gasteiger partial charge on any atom is 0.338 e. The quantitative estimate of drug-likeness (QED) is 0.787. The van der Waals surface area contributed by atoms with Gasteiger partial charge in [0.15, 0.2) is 0 Å². The van der Waals surface area contributed by atoms with Crippen LogP contribution in [0, 0.1) is 0 Å². The molecule has 0 N–H and O–H groups in total. The number of rotatable bonds is 3. The molecule has 2 rings (SSSR count). The summed E-state index contributed by atoms with van der Waals surface area (Å²) in [6.07, 6.45) is 0. The average Bonchev–Trinajstić information content (AvgIpc) is 2.91. The number of methoxy groups -OCH3 is 2. The summed E-state index contributed by atoms with van der Waals surface area (Å²) in [7, 11) is 2.51. The number of hydrogen-bond acceptors (Lipinski definition) is 6. The van der Waals surface area contributed by atoms with Crippen LogP contribution >= 0.6 is 11.8 Å². The third-order valence-corrected chi connectivity index (χ3v) is 5.06. The van der Waals surface area contributed by atoms with Crippen molar-refractivity contribution in [3.05, 3.63) is 34.9 Å². The zero-order chi connectivity index (χ0) is 17.2. The van der Waals surface area contributed by atoms with Gasteiger partial charge in [-0.25, -0.2) is 9.59 Å². The second-order valence-corrected chi connectivity index (χ2v) is 7.19. The summed E-state index contributed by atoms with van der Waals surface area (Å²) >= 11 is 1.66. The Labute approximate surface area is 139 Å². The lowest BCUT2D eigenvalue weighted by Gasteiger charge is -2.31. The minimum Gasteiger partial charge on any atom is -0.465 e. The predicted molar refractivity (Wildman–Crippen MR) is 86.7 cm³/mol. The van der Waals surface area contributed by atoms with E-state index in [4.69, 9.17) is 4.74 Å². The van der Waals surface area contributed by atoms with Gasteiger partial charge in [0.05, 0.1) is 35.8 Å². The van der Waals surface area contributed by atoms with Gasteiger partial charge < -0.3 is 14.4 Å². The molecule has 0 saturated carbocycles. The molecule has 1 aliphatic rings. The third kappa shape index (κ3) is 3.34. The molecule has 1 saturated heterocycles. The molecule has 0 unspecified atom stereocenters. The summed E-state index contributed by atoms with van der Waals surface area (Å²) in [5.41, 5.74) is 0.501. The minimum absolute atomic E-state index is 0.137. The van der Waals surface area contributed by atoms with Gasteiger partial charge in [-0.2, -0.15) is 0 Å². The molecule has 1 aromatic rings. The number of esters is 2. The van der Waals surface area contributed by atoms with Crippen LogP contribution in [0.25, 0.3) is 0 Å².